The Morgan fingerprint density at radius 2 is 1.97 bits per heavy atom. The number of carbonyl (C=O) groups excluding carboxylic acids is 1. The molecule has 1 aromatic carbocycles. The molecular weight excluding hydrogens is 378 g/mol. The van der Waals surface area contributed by atoms with Crippen molar-refractivity contribution in [1.82, 2.24) is 24.8 Å². The lowest BCUT2D eigenvalue weighted by Crippen LogP contribution is -2.42. The topological polar surface area (TPSA) is 87.9 Å². The standard InChI is InChI=1S/C23H21N5O2/c1-13-10-28(23(29)22-19(14-6-7-14)27-12-30-22)21(20-18(13)25-11-26-20)17-8-15-4-2-3-5-16(15)9-24-17/h2-5,8-9,11-14,21H,6-7,10H2,1H3,(H,25,26)/t13-,21+/m0/s1. The number of carbonyl (C=O) groups is 1. The second-order valence-corrected chi connectivity index (χ2v) is 8.26. The van der Waals surface area contributed by atoms with Crippen LogP contribution in [0.15, 0.2) is 53.7 Å². The molecule has 1 aliphatic carbocycles. The van der Waals surface area contributed by atoms with Gasteiger partial charge in [-0.2, -0.15) is 0 Å². The van der Waals surface area contributed by atoms with Gasteiger partial charge < -0.3 is 14.3 Å². The van der Waals surface area contributed by atoms with E-state index in [4.69, 9.17) is 9.40 Å². The molecule has 7 heteroatoms. The van der Waals surface area contributed by atoms with E-state index in [0.717, 1.165) is 46.4 Å². The van der Waals surface area contributed by atoms with Gasteiger partial charge in [0.15, 0.2) is 6.39 Å². The Labute approximate surface area is 173 Å². The minimum atomic E-state index is -0.378. The van der Waals surface area contributed by atoms with E-state index in [9.17, 15) is 4.79 Å². The highest BCUT2D eigenvalue weighted by Crippen LogP contribution is 2.43. The first kappa shape index (κ1) is 17.4. The normalized spacial score (nSPS) is 21.0. The number of rotatable bonds is 3. The molecule has 0 unspecified atom stereocenters. The van der Waals surface area contributed by atoms with Crippen LogP contribution in [0.2, 0.25) is 0 Å². The van der Waals surface area contributed by atoms with Crippen LogP contribution in [0, 0.1) is 0 Å². The Bertz CT molecular complexity index is 1260. The van der Waals surface area contributed by atoms with Gasteiger partial charge in [-0.3, -0.25) is 9.78 Å². The van der Waals surface area contributed by atoms with Crippen molar-refractivity contribution >= 4 is 16.7 Å². The number of amides is 1. The molecule has 2 aliphatic rings. The summed E-state index contributed by atoms with van der Waals surface area (Å²) >= 11 is 0. The van der Waals surface area contributed by atoms with Crippen LogP contribution in [-0.2, 0) is 0 Å². The number of fused-ring (bicyclic) bond motifs is 2. The summed E-state index contributed by atoms with van der Waals surface area (Å²) in [5.74, 6) is 0.683. The maximum Gasteiger partial charge on any atom is 0.292 e. The number of benzene rings is 1. The average molecular weight is 399 g/mol. The number of imidazole rings is 1. The summed E-state index contributed by atoms with van der Waals surface area (Å²) in [4.78, 5) is 32.4. The van der Waals surface area contributed by atoms with Crippen molar-refractivity contribution in [2.24, 2.45) is 0 Å². The molecule has 1 amide bonds. The summed E-state index contributed by atoms with van der Waals surface area (Å²) in [6, 6.07) is 9.78. The number of H-pyrrole nitrogens is 1. The molecule has 0 bridgehead atoms. The van der Waals surface area contributed by atoms with Gasteiger partial charge in [-0.1, -0.05) is 31.2 Å². The maximum atomic E-state index is 13.7. The minimum absolute atomic E-state index is 0.135. The van der Waals surface area contributed by atoms with Gasteiger partial charge in [0.2, 0.25) is 5.76 Å². The van der Waals surface area contributed by atoms with Gasteiger partial charge in [-0.15, -0.1) is 0 Å². The first-order valence-corrected chi connectivity index (χ1v) is 10.3. The minimum Gasteiger partial charge on any atom is -0.438 e. The van der Waals surface area contributed by atoms with E-state index in [1.807, 2.05) is 29.3 Å². The summed E-state index contributed by atoms with van der Waals surface area (Å²) in [5, 5.41) is 2.15. The fourth-order valence-corrected chi connectivity index (χ4v) is 4.51. The van der Waals surface area contributed by atoms with Crippen LogP contribution in [0.1, 0.15) is 71.0 Å². The molecule has 3 aromatic heterocycles. The van der Waals surface area contributed by atoms with Crippen molar-refractivity contribution in [2.45, 2.75) is 37.6 Å². The predicted octanol–water partition coefficient (Wildman–Crippen LogP) is 4.17. The van der Waals surface area contributed by atoms with Crippen molar-refractivity contribution in [2.75, 3.05) is 6.54 Å². The van der Waals surface area contributed by atoms with Gasteiger partial charge in [-0.25, -0.2) is 9.97 Å². The number of aromatic amines is 1. The van der Waals surface area contributed by atoms with E-state index < -0.39 is 0 Å². The van der Waals surface area contributed by atoms with E-state index >= 15 is 0 Å². The van der Waals surface area contributed by atoms with E-state index in [1.54, 1.807) is 6.33 Å². The number of nitrogens with one attached hydrogen (secondary N) is 1. The molecule has 1 N–H and O–H groups in total. The fourth-order valence-electron chi connectivity index (χ4n) is 4.51. The zero-order chi connectivity index (χ0) is 20.2. The molecule has 0 radical (unpaired) electrons. The van der Waals surface area contributed by atoms with Crippen molar-refractivity contribution in [3.8, 4) is 0 Å². The Morgan fingerprint density at radius 1 is 1.13 bits per heavy atom. The molecule has 4 heterocycles. The van der Waals surface area contributed by atoms with E-state index in [-0.39, 0.29) is 17.9 Å². The van der Waals surface area contributed by atoms with Gasteiger partial charge in [0, 0.05) is 35.7 Å². The summed E-state index contributed by atoms with van der Waals surface area (Å²) in [7, 11) is 0. The van der Waals surface area contributed by atoms with Gasteiger partial charge in [0.25, 0.3) is 5.91 Å². The Kier molecular flexibility index (Phi) is 3.78. The molecular formula is C23H21N5O2. The SMILES string of the molecule is C[C@H]1CN(C(=O)c2ocnc2C2CC2)[C@H](c2cc3ccccc3cn2)c2nc[nH]c21. The number of nitrogens with zero attached hydrogens (tertiary/aromatic N) is 4. The molecule has 30 heavy (non-hydrogen) atoms. The average Bonchev–Trinajstić information content (AvgIpc) is 3.28. The Hall–Kier alpha value is -3.48. The van der Waals surface area contributed by atoms with Crippen molar-refractivity contribution < 1.29 is 9.21 Å². The first-order valence-electron chi connectivity index (χ1n) is 10.3. The molecule has 1 fully saturated rings. The highest BCUT2D eigenvalue weighted by Gasteiger charge is 2.41. The first-order chi connectivity index (χ1) is 14.7. The third-order valence-electron chi connectivity index (χ3n) is 6.18. The summed E-state index contributed by atoms with van der Waals surface area (Å²) in [5.41, 5.74) is 3.48. The van der Waals surface area contributed by atoms with Crippen molar-refractivity contribution in [3.05, 3.63) is 77.8 Å². The monoisotopic (exact) mass is 399 g/mol. The summed E-state index contributed by atoms with van der Waals surface area (Å²) < 4.78 is 5.59. The zero-order valence-electron chi connectivity index (χ0n) is 16.6. The molecule has 2 atom stereocenters. The molecule has 7 nitrogen and oxygen atoms in total. The van der Waals surface area contributed by atoms with Crippen LogP contribution in [0.25, 0.3) is 10.8 Å². The van der Waals surface area contributed by atoms with Gasteiger partial charge in [-0.05, 0) is 24.3 Å². The fraction of sp³-hybridized carbons (Fsp3) is 0.304. The second kappa shape index (κ2) is 6.52. The van der Waals surface area contributed by atoms with Crippen LogP contribution in [0.3, 0.4) is 0 Å². The number of oxazole rings is 1. The Balaban J connectivity index is 1.48. The number of hydrogen-bond acceptors (Lipinski definition) is 5. The van der Waals surface area contributed by atoms with Crippen LogP contribution >= 0.6 is 0 Å². The van der Waals surface area contributed by atoms with Gasteiger partial charge in [0.1, 0.15) is 6.04 Å². The molecule has 1 saturated carbocycles. The quantitative estimate of drug-likeness (QED) is 0.559. The van der Waals surface area contributed by atoms with Crippen molar-refractivity contribution in [3.63, 3.8) is 0 Å². The van der Waals surface area contributed by atoms with Crippen LogP contribution in [0.5, 0.6) is 0 Å². The summed E-state index contributed by atoms with van der Waals surface area (Å²) in [6.45, 7) is 2.65. The molecule has 1 aliphatic heterocycles. The lowest BCUT2D eigenvalue weighted by Gasteiger charge is -2.37. The highest BCUT2D eigenvalue weighted by molar-refractivity contribution is 5.93. The number of aromatic nitrogens is 4. The Morgan fingerprint density at radius 3 is 2.80 bits per heavy atom. The summed E-state index contributed by atoms with van der Waals surface area (Å²) in [6.07, 6.45) is 7.07. The predicted molar refractivity (Wildman–Crippen MR) is 110 cm³/mol. The number of hydrogen-bond donors (Lipinski definition) is 1. The molecule has 0 spiro atoms. The lowest BCUT2D eigenvalue weighted by atomic mass is 9.92. The highest BCUT2D eigenvalue weighted by atomic mass is 16.3. The van der Waals surface area contributed by atoms with Crippen LogP contribution < -0.4 is 0 Å². The lowest BCUT2D eigenvalue weighted by molar-refractivity contribution is 0.0635. The largest absolute Gasteiger partial charge is 0.438 e. The third-order valence-corrected chi connectivity index (χ3v) is 6.18. The molecule has 4 aromatic rings. The van der Waals surface area contributed by atoms with E-state index in [0.29, 0.717) is 18.2 Å². The smallest absolute Gasteiger partial charge is 0.292 e. The van der Waals surface area contributed by atoms with Gasteiger partial charge >= 0.3 is 0 Å². The second-order valence-electron chi connectivity index (χ2n) is 8.26. The van der Waals surface area contributed by atoms with Gasteiger partial charge in [0.05, 0.1) is 23.4 Å². The maximum absolute atomic E-state index is 13.7. The number of pyridine rings is 1. The van der Waals surface area contributed by atoms with Crippen LogP contribution in [-0.4, -0.2) is 37.3 Å². The van der Waals surface area contributed by atoms with E-state index in [2.05, 4.69) is 34.0 Å². The molecule has 150 valence electrons. The van der Waals surface area contributed by atoms with Crippen LogP contribution in [0.4, 0.5) is 0 Å². The molecule has 6 rings (SSSR count). The van der Waals surface area contributed by atoms with Crippen molar-refractivity contribution in [1.29, 1.82) is 0 Å². The third kappa shape index (κ3) is 2.65. The van der Waals surface area contributed by atoms with E-state index in [1.165, 1.54) is 6.39 Å². The molecule has 0 saturated heterocycles. The zero-order valence-corrected chi connectivity index (χ0v) is 16.6.